The third-order valence-corrected chi connectivity index (χ3v) is 3.77. The number of nitrogens with zero attached hydrogens (tertiary/aromatic N) is 4. The Kier molecular flexibility index (Phi) is 5.07. The van der Waals surface area contributed by atoms with Gasteiger partial charge in [0.25, 0.3) is 0 Å². The summed E-state index contributed by atoms with van der Waals surface area (Å²) in [6.45, 7) is 10.3. The fourth-order valence-corrected chi connectivity index (χ4v) is 2.50. The number of nitrogens with one attached hydrogen (secondary N) is 1. The van der Waals surface area contributed by atoms with Gasteiger partial charge in [0.1, 0.15) is 5.82 Å². The van der Waals surface area contributed by atoms with E-state index in [1.807, 2.05) is 0 Å². The van der Waals surface area contributed by atoms with Crippen LogP contribution in [-0.2, 0) is 6.54 Å². The van der Waals surface area contributed by atoms with E-state index < -0.39 is 0 Å². The van der Waals surface area contributed by atoms with Gasteiger partial charge < -0.3 is 10.2 Å². The average Bonchev–Trinajstić information content (AvgIpc) is 2.38. The lowest BCUT2D eigenvalue weighted by Crippen LogP contribution is -2.45. The van der Waals surface area contributed by atoms with Gasteiger partial charge in [-0.2, -0.15) is 0 Å². The minimum Gasteiger partial charge on any atom is -0.309 e. The Morgan fingerprint density at radius 2 is 2.05 bits per heavy atom. The van der Waals surface area contributed by atoms with Crippen LogP contribution in [-0.4, -0.2) is 59.5 Å². The van der Waals surface area contributed by atoms with Gasteiger partial charge in [-0.25, -0.2) is 9.97 Å². The fraction of sp³-hybridized carbons (Fsp3) is 0.733. The minimum absolute atomic E-state index is 0.298. The van der Waals surface area contributed by atoms with E-state index in [4.69, 9.17) is 4.98 Å². The second-order valence-electron chi connectivity index (χ2n) is 6.15. The molecule has 5 heteroatoms. The van der Waals surface area contributed by atoms with Gasteiger partial charge in [0.15, 0.2) is 0 Å². The highest BCUT2D eigenvalue weighted by Crippen LogP contribution is 2.20. The molecule has 0 aromatic carbocycles. The van der Waals surface area contributed by atoms with Crippen LogP contribution in [0.3, 0.4) is 0 Å². The summed E-state index contributed by atoms with van der Waals surface area (Å²) < 4.78 is 0. The van der Waals surface area contributed by atoms with Crippen molar-refractivity contribution in [2.45, 2.75) is 39.4 Å². The van der Waals surface area contributed by atoms with E-state index >= 15 is 0 Å². The van der Waals surface area contributed by atoms with E-state index in [9.17, 15) is 0 Å². The molecule has 0 aliphatic carbocycles. The Morgan fingerprint density at radius 3 is 2.75 bits per heavy atom. The number of likely N-dealkylation sites (N-methyl/N-ethyl adjacent to an activating group) is 2. The van der Waals surface area contributed by atoms with Gasteiger partial charge in [-0.15, -0.1) is 0 Å². The lowest BCUT2D eigenvalue weighted by Gasteiger charge is -2.36. The van der Waals surface area contributed by atoms with Crippen molar-refractivity contribution in [2.75, 3.05) is 33.7 Å². The second-order valence-corrected chi connectivity index (χ2v) is 6.15. The van der Waals surface area contributed by atoms with Gasteiger partial charge in [-0.05, 0) is 27.1 Å². The van der Waals surface area contributed by atoms with Crippen LogP contribution in [0.1, 0.15) is 37.1 Å². The molecule has 0 bridgehead atoms. The number of piperazine rings is 1. The van der Waals surface area contributed by atoms with Crippen LogP contribution in [0, 0.1) is 6.92 Å². The maximum Gasteiger partial charge on any atom is 0.147 e. The molecule has 1 aliphatic rings. The molecule has 1 unspecified atom stereocenters. The Labute approximate surface area is 122 Å². The molecule has 1 fully saturated rings. The van der Waals surface area contributed by atoms with Crippen LogP contribution in [0.5, 0.6) is 0 Å². The van der Waals surface area contributed by atoms with E-state index in [1.165, 1.54) is 0 Å². The van der Waals surface area contributed by atoms with Crippen LogP contribution in [0.4, 0.5) is 0 Å². The molecule has 0 spiro atoms. The normalized spacial score (nSPS) is 21.6. The summed E-state index contributed by atoms with van der Waals surface area (Å²) in [5, 5.41) is 3.42. The van der Waals surface area contributed by atoms with Crippen LogP contribution in [0.15, 0.2) is 6.07 Å². The van der Waals surface area contributed by atoms with E-state index in [0.29, 0.717) is 12.1 Å². The predicted molar refractivity (Wildman–Crippen MR) is 81.6 cm³/mol. The first-order valence-electron chi connectivity index (χ1n) is 7.42. The first-order valence-corrected chi connectivity index (χ1v) is 7.42. The minimum atomic E-state index is 0.298. The molecule has 1 aromatic rings. The molecule has 1 saturated heterocycles. The van der Waals surface area contributed by atoms with Crippen molar-refractivity contribution in [3.63, 3.8) is 0 Å². The SMILES string of the molecule is Cc1cc(CNC(C)C)nc(C2CN(C)CCN2C)n1. The fourth-order valence-electron chi connectivity index (χ4n) is 2.50. The molecule has 2 heterocycles. The molecule has 0 radical (unpaired) electrons. The zero-order valence-electron chi connectivity index (χ0n) is 13.3. The number of rotatable bonds is 4. The summed E-state index contributed by atoms with van der Waals surface area (Å²) in [6, 6.07) is 2.84. The maximum absolute atomic E-state index is 4.77. The first kappa shape index (κ1) is 15.4. The smallest absolute Gasteiger partial charge is 0.147 e. The number of aryl methyl sites for hydroxylation is 1. The third-order valence-electron chi connectivity index (χ3n) is 3.77. The van der Waals surface area contributed by atoms with Gasteiger partial charge in [0.2, 0.25) is 0 Å². The third kappa shape index (κ3) is 3.98. The first-order chi connectivity index (χ1) is 9.45. The van der Waals surface area contributed by atoms with E-state index in [0.717, 1.165) is 43.4 Å². The molecule has 20 heavy (non-hydrogen) atoms. The molecule has 1 atom stereocenters. The van der Waals surface area contributed by atoms with E-state index in [1.54, 1.807) is 0 Å². The molecular formula is C15H27N5. The Balaban J connectivity index is 2.18. The molecule has 0 saturated carbocycles. The molecular weight excluding hydrogens is 250 g/mol. The number of aromatic nitrogens is 2. The Bertz CT molecular complexity index is 446. The molecule has 0 amide bonds. The van der Waals surface area contributed by atoms with E-state index in [2.05, 4.69) is 61.0 Å². The lowest BCUT2D eigenvalue weighted by atomic mass is 10.1. The Hall–Kier alpha value is -1.04. The summed E-state index contributed by atoms with van der Waals surface area (Å²) in [6.07, 6.45) is 0. The van der Waals surface area contributed by atoms with Gasteiger partial charge in [-0.3, -0.25) is 4.90 Å². The van der Waals surface area contributed by atoms with Gasteiger partial charge in [-0.1, -0.05) is 13.8 Å². The summed E-state index contributed by atoms with van der Waals surface area (Å²) in [7, 11) is 4.33. The molecule has 5 nitrogen and oxygen atoms in total. The molecule has 1 N–H and O–H groups in total. The van der Waals surface area contributed by atoms with Crippen molar-refractivity contribution in [3.8, 4) is 0 Å². The van der Waals surface area contributed by atoms with Crippen molar-refractivity contribution in [1.29, 1.82) is 0 Å². The van der Waals surface area contributed by atoms with Crippen LogP contribution < -0.4 is 5.32 Å². The molecule has 1 aromatic heterocycles. The zero-order chi connectivity index (χ0) is 14.7. The highest BCUT2D eigenvalue weighted by molar-refractivity contribution is 5.13. The van der Waals surface area contributed by atoms with Crippen molar-refractivity contribution in [1.82, 2.24) is 25.1 Å². The summed E-state index contributed by atoms with van der Waals surface area (Å²) in [5.74, 6) is 0.958. The van der Waals surface area contributed by atoms with Crippen molar-refractivity contribution in [2.24, 2.45) is 0 Å². The number of hydrogen-bond donors (Lipinski definition) is 1. The van der Waals surface area contributed by atoms with Crippen LogP contribution in [0.2, 0.25) is 0 Å². The summed E-state index contributed by atoms with van der Waals surface area (Å²) in [4.78, 5) is 14.1. The highest BCUT2D eigenvalue weighted by Gasteiger charge is 2.26. The van der Waals surface area contributed by atoms with Crippen molar-refractivity contribution < 1.29 is 0 Å². The predicted octanol–water partition coefficient (Wildman–Crippen LogP) is 1.20. The molecule has 1 aliphatic heterocycles. The second kappa shape index (κ2) is 6.61. The van der Waals surface area contributed by atoms with Gasteiger partial charge in [0, 0.05) is 37.9 Å². The Morgan fingerprint density at radius 1 is 1.30 bits per heavy atom. The molecule has 2 rings (SSSR count). The standard InChI is InChI=1S/C15H27N5/c1-11(2)16-9-13-8-12(3)17-15(18-13)14-10-19(4)6-7-20(14)5/h8,11,14,16H,6-7,9-10H2,1-5H3. The topological polar surface area (TPSA) is 44.3 Å². The maximum atomic E-state index is 4.77. The number of hydrogen-bond acceptors (Lipinski definition) is 5. The highest BCUT2D eigenvalue weighted by atomic mass is 15.3. The van der Waals surface area contributed by atoms with Crippen LogP contribution in [0.25, 0.3) is 0 Å². The van der Waals surface area contributed by atoms with Crippen molar-refractivity contribution in [3.05, 3.63) is 23.3 Å². The summed E-state index contributed by atoms with van der Waals surface area (Å²) >= 11 is 0. The quantitative estimate of drug-likeness (QED) is 0.896. The summed E-state index contributed by atoms with van der Waals surface area (Å²) in [5.41, 5.74) is 2.14. The van der Waals surface area contributed by atoms with E-state index in [-0.39, 0.29) is 0 Å². The molecule has 112 valence electrons. The lowest BCUT2D eigenvalue weighted by molar-refractivity contribution is 0.109. The monoisotopic (exact) mass is 277 g/mol. The zero-order valence-corrected chi connectivity index (χ0v) is 13.3. The largest absolute Gasteiger partial charge is 0.309 e. The van der Waals surface area contributed by atoms with Crippen LogP contribution >= 0.6 is 0 Å². The van der Waals surface area contributed by atoms with Crippen molar-refractivity contribution >= 4 is 0 Å². The van der Waals surface area contributed by atoms with Gasteiger partial charge in [0.05, 0.1) is 11.7 Å². The average molecular weight is 277 g/mol. The van der Waals surface area contributed by atoms with Gasteiger partial charge >= 0.3 is 0 Å².